The van der Waals surface area contributed by atoms with E-state index in [1.165, 1.54) is 6.42 Å². The molecule has 0 aliphatic carbocycles. The maximum absolute atomic E-state index is 11.5. The molecule has 0 aromatic rings. The van der Waals surface area contributed by atoms with Crippen LogP contribution in [0.3, 0.4) is 0 Å². The Morgan fingerprint density at radius 2 is 2.15 bits per heavy atom. The Kier molecular flexibility index (Phi) is 6.22. The first-order valence-corrected chi connectivity index (χ1v) is 7.77. The Balaban J connectivity index is 1.77. The Labute approximate surface area is 121 Å². The molecule has 2 unspecified atom stereocenters. The molecule has 0 bridgehead atoms. The quantitative estimate of drug-likeness (QED) is 0.643. The molecule has 0 spiro atoms. The van der Waals surface area contributed by atoms with E-state index in [0.29, 0.717) is 6.04 Å². The van der Waals surface area contributed by atoms with Gasteiger partial charge in [0.05, 0.1) is 19.3 Å². The molecule has 2 rings (SSSR count). The smallest absolute Gasteiger partial charge is 0.235 e. The van der Waals surface area contributed by atoms with Crippen LogP contribution in [-0.2, 0) is 9.53 Å². The lowest BCUT2D eigenvalue weighted by molar-refractivity contribution is -0.120. The number of rotatable bonds is 7. The third-order valence-corrected chi connectivity index (χ3v) is 4.23. The minimum atomic E-state index is -0.242. The van der Waals surface area contributed by atoms with E-state index in [4.69, 9.17) is 10.5 Å². The van der Waals surface area contributed by atoms with E-state index in [9.17, 15) is 4.79 Å². The summed E-state index contributed by atoms with van der Waals surface area (Å²) in [5.41, 5.74) is 5.48. The third kappa shape index (κ3) is 4.41. The fraction of sp³-hybridized carbons (Fsp3) is 0.929. The number of ether oxygens (including phenoxy) is 1. The highest BCUT2D eigenvalue weighted by Gasteiger charge is 2.30. The van der Waals surface area contributed by atoms with Crippen LogP contribution in [-0.4, -0.2) is 80.3 Å². The van der Waals surface area contributed by atoms with Crippen LogP contribution < -0.4 is 11.1 Å². The van der Waals surface area contributed by atoms with E-state index >= 15 is 0 Å². The number of carbonyl (C=O) groups excluding carboxylic acids is 1. The zero-order chi connectivity index (χ0) is 14.4. The minimum Gasteiger partial charge on any atom is -0.379 e. The van der Waals surface area contributed by atoms with Crippen LogP contribution in [0.4, 0.5) is 0 Å². The maximum atomic E-state index is 11.5. The van der Waals surface area contributed by atoms with Crippen LogP contribution in [0.1, 0.15) is 19.8 Å². The van der Waals surface area contributed by atoms with Crippen LogP contribution >= 0.6 is 0 Å². The van der Waals surface area contributed by atoms with Gasteiger partial charge in [0.25, 0.3) is 0 Å². The zero-order valence-corrected chi connectivity index (χ0v) is 12.5. The number of hydrogen-bond donors (Lipinski definition) is 2. The average Bonchev–Trinajstić information content (AvgIpc) is 2.92. The highest BCUT2D eigenvalue weighted by molar-refractivity contribution is 5.80. The predicted octanol–water partition coefficient (Wildman–Crippen LogP) is -0.754. The molecule has 0 saturated carbocycles. The molecule has 2 aliphatic heterocycles. The van der Waals surface area contributed by atoms with Crippen molar-refractivity contribution < 1.29 is 9.53 Å². The van der Waals surface area contributed by atoms with Gasteiger partial charge in [0.2, 0.25) is 5.91 Å². The lowest BCUT2D eigenvalue weighted by Gasteiger charge is -2.32. The van der Waals surface area contributed by atoms with E-state index in [1.54, 1.807) is 0 Å². The summed E-state index contributed by atoms with van der Waals surface area (Å²) in [6.07, 6.45) is 2.19. The topological polar surface area (TPSA) is 70.8 Å². The molecule has 2 aliphatic rings. The monoisotopic (exact) mass is 284 g/mol. The second-order valence-corrected chi connectivity index (χ2v) is 5.76. The number of amides is 1. The third-order valence-electron chi connectivity index (χ3n) is 4.23. The van der Waals surface area contributed by atoms with Crippen molar-refractivity contribution in [2.75, 3.05) is 52.5 Å². The number of carbonyl (C=O) groups is 1. The minimum absolute atomic E-state index is 0.224. The molecule has 2 fully saturated rings. The fourth-order valence-corrected chi connectivity index (χ4v) is 3.05. The number of nitrogens with zero attached hydrogens (tertiary/aromatic N) is 2. The van der Waals surface area contributed by atoms with Crippen molar-refractivity contribution >= 4 is 5.91 Å². The van der Waals surface area contributed by atoms with Gasteiger partial charge < -0.3 is 15.8 Å². The van der Waals surface area contributed by atoms with E-state index in [0.717, 1.165) is 58.9 Å². The molecule has 20 heavy (non-hydrogen) atoms. The Bertz CT molecular complexity index is 308. The fourth-order valence-electron chi connectivity index (χ4n) is 3.05. The van der Waals surface area contributed by atoms with Crippen LogP contribution in [0.25, 0.3) is 0 Å². The summed E-state index contributed by atoms with van der Waals surface area (Å²) in [5, 5.41) is 3.24. The molecule has 2 saturated heterocycles. The second kappa shape index (κ2) is 7.93. The number of likely N-dealkylation sites (tertiary alicyclic amines) is 1. The molecular formula is C14H28N4O2. The van der Waals surface area contributed by atoms with Crippen molar-refractivity contribution in [3.8, 4) is 0 Å². The summed E-state index contributed by atoms with van der Waals surface area (Å²) < 4.78 is 5.40. The maximum Gasteiger partial charge on any atom is 0.235 e. The molecule has 3 N–H and O–H groups in total. The van der Waals surface area contributed by atoms with Crippen molar-refractivity contribution in [3.05, 3.63) is 0 Å². The largest absolute Gasteiger partial charge is 0.379 e. The Morgan fingerprint density at radius 3 is 2.80 bits per heavy atom. The first-order valence-electron chi connectivity index (χ1n) is 7.77. The summed E-state index contributed by atoms with van der Waals surface area (Å²) in [4.78, 5) is 16.4. The second-order valence-electron chi connectivity index (χ2n) is 5.76. The van der Waals surface area contributed by atoms with Crippen molar-refractivity contribution in [1.82, 2.24) is 15.1 Å². The van der Waals surface area contributed by atoms with Crippen LogP contribution in [0, 0.1) is 0 Å². The van der Waals surface area contributed by atoms with Crippen LogP contribution in [0.5, 0.6) is 0 Å². The van der Waals surface area contributed by atoms with Gasteiger partial charge in [0, 0.05) is 32.2 Å². The van der Waals surface area contributed by atoms with Gasteiger partial charge in [-0.2, -0.15) is 0 Å². The normalized spacial score (nSPS) is 26.8. The van der Waals surface area contributed by atoms with Crippen molar-refractivity contribution in [3.63, 3.8) is 0 Å². The van der Waals surface area contributed by atoms with Crippen LogP contribution in [0.15, 0.2) is 0 Å². The van der Waals surface area contributed by atoms with Gasteiger partial charge in [-0.25, -0.2) is 0 Å². The standard InChI is InChI=1S/C14H28N4O2/c1-2-4-16-13(14(15)19)11-17-5-3-12(10-17)18-6-8-20-9-7-18/h12-13,16H,2-11H2,1H3,(H2,15,19). The van der Waals surface area contributed by atoms with E-state index in [2.05, 4.69) is 22.0 Å². The van der Waals surface area contributed by atoms with E-state index < -0.39 is 0 Å². The number of nitrogens with two attached hydrogens (primary N) is 1. The highest BCUT2D eigenvalue weighted by Crippen LogP contribution is 2.17. The summed E-state index contributed by atoms with van der Waals surface area (Å²) in [7, 11) is 0. The molecule has 6 nitrogen and oxygen atoms in total. The molecule has 0 aromatic carbocycles. The highest BCUT2D eigenvalue weighted by atomic mass is 16.5. The number of primary amides is 1. The van der Waals surface area contributed by atoms with Gasteiger partial charge >= 0.3 is 0 Å². The summed E-state index contributed by atoms with van der Waals surface area (Å²) in [6.45, 7) is 9.52. The number of morpholine rings is 1. The summed E-state index contributed by atoms with van der Waals surface area (Å²) >= 11 is 0. The van der Waals surface area contributed by atoms with Gasteiger partial charge in [-0.3, -0.25) is 14.6 Å². The molecule has 0 aromatic heterocycles. The van der Waals surface area contributed by atoms with Crippen LogP contribution in [0.2, 0.25) is 0 Å². The number of nitrogens with one attached hydrogen (secondary N) is 1. The Morgan fingerprint density at radius 1 is 1.40 bits per heavy atom. The lowest BCUT2D eigenvalue weighted by atomic mass is 10.2. The van der Waals surface area contributed by atoms with Gasteiger partial charge in [-0.15, -0.1) is 0 Å². The summed E-state index contributed by atoms with van der Waals surface area (Å²) in [5.74, 6) is -0.242. The van der Waals surface area contributed by atoms with Gasteiger partial charge in [0.15, 0.2) is 0 Å². The Hall–Kier alpha value is -0.690. The zero-order valence-electron chi connectivity index (χ0n) is 12.5. The van der Waals surface area contributed by atoms with E-state index in [-0.39, 0.29) is 11.9 Å². The first kappa shape index (κ1) is 15.7. The SMILES string of the molecule is CCCNC(CN1CCC(N2CCOCC2)C1)C(N)=O. The van der Waals surface area contributed by atoms with Gasteiger partial charge in [0.1, 0.15) is 0 Å². The number of hydrogen-bond acceptors (Lipinski definition) is 5. The lowest BCUT2D eigenvalue weighted by Crippen LogP contribution is -2.50. The van der Waals surface area contributed by atoms with Gasteiger partial charge in [-0.1, -0.05) is 6.92 Å². The first-order chi connectivity index (χ1) is 9.70. The molecule has 2 atom stereocenters. The van der Waals surface area contributed by atoms with E-state index in [1.807, 2.05) is 0 Å². The molecule has 2 heterocycles. The predicted molar refractivity (Wildman–Crippen MR) is 78.5 cm³/mol. The molecule has 1 amide bonds. The molecule has 6 heteroatoms. The van der Waals surface area contributed by atoms with Gasteiger partial charge in [-0.05, 0) is 25.9 Å². The van der Waals surface area contributed by atoms with Crippen molar-refractivity contribution in [1.29, 1.82) is 0 Å². The van der Waals surface area contributed by atoms with Crippen molar-refractivity contribution in [2.45, 2.75) is 31.8 Å². The van der Waals surface area contributed by atoms with Crippen molar-refractivity contribution in [2.24, 2.45) is 5.73 Å². The summed E-state index contributed by atoms with van der Waals surface area (Å²) in [6, 6.07) is 0.386. The average molecular weight is 284 g/mol. The molecule has 116 valence electrons. The molecular weight excluding hydrogens is 256 g/mol. The molecule has 0 radical (unpaired) electrons.